The van der Waals surface area contributed by atoms with Gasteiger partial charge in [0.2, 0.25) is 0 Å². The molecule has 4 heteroatoms. The maximum atomic E-state index is 12.3. The van der Waals surface area contributed by atoms with Gasteiger partial charge in [-0.1, -0.05) is 17.7 Å². The number of aryl methyl sites for hydroxylation is 1. The fraction of sp³-hybridized carbons (Fsp3) is 0.222. The van der Waals surface area contributed by atoms with Crippen LogP contribution in [-0.4, -0.2) is 18.3 Å². The SMILES string of the molecule is CCOc1ccc(C(C)=O)cc1NC(=O)c1ccc(C)cc1. The molecule has 0 aliphatic rings. The molecular weight excluding hydrogens is 278 g/mol. The number of hydrogen-bond donors (Lipinski definition) is 1. The van der Waals surface area contributed by atoms with E-state index in [1.54, 1.807) is 30.3 Å². The van der Waals surface area contributed by atoms with Crippen LogP contribution in [-0.2, 0) is 0 Å². The van der Waals surface area contributed by atoms with Gasteiger partial charge in [-0.2, -0.15) is 0 Å². The topological polar surface area (TPSA) is 55.4 Å². The molecule has 1 amide bonds. The first kappa shape index (κ1) is 15.8. The van der Waals surface area contributed by atoms with E-state index >= 15 is 0 Å². The number of nitrogens with one attached hydrogen (secondary N) is 1. The van der Waals surface area contributed by atoms with Gasteiger partial charge in [-0.3, -0.25) is 9.59 Å². The number of rotatable bonds is 5. The Labute approximate surface area is 130 Å². The Balaban J connectivity index is 2.29. The summed E-state index contributed by atoms with van der Waals surface area (Å²) >= 11 is 0. The van der Waals surface area contributed by atoms with Gasteiger partial charge < -0.3 is 10.1 Å². The lowest BCUT2D eigenvalue weighted by atomic mass is 10.1. The number of carbonyl (C=O) groups excluding carboxylic acids is 2. The van der Waals surface area contributed by atoms with E-state index < -0.39 is 0 Å². The molecular formula is C18H19NO3. The number of anilines is 1. The summed E-state index contributed by atoms with van der Waals surface area (Å²) in [7, 11) is 0. The van der Waals surface area contributed by atoms with E-state index in [9.17, 15) is 9.59 Å². The summed E-state index contributed by atoms with van der Waals surface area (Å²) in [5.41, 5.74) is 2.68. The van der Waals surface area contributed by atoms with Gasteiger partial charge in [0.05, 0.1) is 12.3 Å². The quantitative estimate of drug-likeness (QED) is 0.853. The molecule has 0 heterocycles. The molecule has 114 valence electrons. The molecule has 0 aliphatic heterocycles. The van der Waals surface area contributed by atoms with Crippen LogP contribution in [0.5, 0.6) is 5.75 Å². The number of ketones is 1. The average Bonchev–Trinajstić information content (AvgIpc) is 2.49. The molecule has 22 heavy (non-hydrogen) atoms. The van der Waals surface area contributed by atoms with E-state index in [1.807, 2.05) is 26.0 Å². The van der Waals surface area contributed by atoms with Crippen molar-refractivity contribution >= 4 is 17.4 Å². The molecule has 0 saturated carbocycles. The van der Waals surface area contributed by atoms with Crippen LogP contribution in [0.25, 0.3) is 0 Å². The smallest absolute Gasteiger partial charge is 0.255 e. The van der Waals surface area contributed by atoms with Gasteiger partial charge in [0, 0.05) is 11.1 Å². The Morgan fingerprint density at radius 3 is 2.27 bits per heavy atom. The zero-order valence-electron chi connectivity index (χ0n) is 13.0. The van der Waals surface area contributed by atoms with Crippen LogP contribution in [0, 0.1) is 6.92 Å². The Kier molecular flexibility index (Phi) is 4.94. The highest BCUT2D eigenvalue weighted by atomic mass is 16.5. The van der Waals surface area contributed by atoms with Crippen LogP contribution in [0.4, 0.5) is 5.69 Å². The highest BCUT2D eigenvalue weighted by Crippen LogP contribution is 2.26. The molecule has 2 rings (SSSR count). The van der Waals surface area contributed by atoms with Crippen molar-refractivity contribution in [1.82, 2.24) is 0 Å². The Hall–Kier alpha value is -2.62. The summed E-state index contributed by atoms with van der Waals surface area (Å²) in [6.45, 7) is 5.80. The molecule has 0 aromatic heterocycles. The van der Waals surface area contributed by atoms with Gasteiger partial charge in [0.1, 0.15) is 5.75 Å². The minimum absolute atomic E-state index is 0.0612. The monoisotopic (exact) mass is 297 g/mol. The van der Waals surface area contributed by atoms with Gasteiger partial charge >= 0.3 is 0 Å². The van der Waals surface area contributed by atoms with Crippen molar-refractivity contribution in [3.8, 4) is 5.75 Å². The van der Waals surface area contributed by atoms with Crippen LogP contribution in [0.3, 0.4) is 0 Å². The largest absolute Gasteiger partial charge is 0.492 e. The number of ether oxygens (including phenoxy) is 1. The minimum atomic E-state index is -0.235. The van der Waals surface area contributed by atoms with Crippen molar-refractivity contribution in [3.05, 3.63) is 59.2 Å². The standard InChI is InChI=1S/C18H19NO3/c1-4-22-17-10-9-15(13(3)20)11-16(17)19-18(21)14-7-5-12(2)6-8-14/h5-11H,4H2,1-3H3,(H,19,21). The highest BCUT2D eigenvalue weighted by molar-refractivity contribution is 6.06. The molecule has 4 nitrogen and oxygen atoms in total. The molecule has 0 atom stereocenters. The minimum Gasteiger partial charge on any atom is -0.492 e. The van der Waals surface area contributed by atoms with Crippen LogP contribution in [0.15, 0.2) is 42.5 Å². The average molecular weight is 297 g/mol. The maximum Gasteiger partial charge on any atom is 0.255 e. The first-order valence-corrected chi connectivity index (χ1v) is 7.17. The summed E-state index contributed by atoms with van der Waals surface area (Å²) in [6.07, 6.45) is 0. The molecule has 0 spiro atoms. The zero-order valence-corrected chi connectivity index (χ0v) is 13.0. The summed E-state index contributed by atoms with van der Waals surface area (Å²) in [5.74, 6) is 0.253. The van der Waals surface area contributed by atoms with Gasteiger partial charge in [-0.05, 0) is 51.1 Å². The predicted octanol–water partition coefficient (Wildman–Crippen LogP) is 3.85. The van der Waals surface area contributed by atoms with Crippen LogP contribution in [0.2, 0.25) is 0 Å². The van der Waals surface area contributed by atoms with Crippen molar-refractivity contribution in [2.45, 2.75) is 20.8 Å². The molecule has 2 aromatic carbocycles. The summed E-state index contributed by atoms with van der Waals surface area (Å²) in [5, 5.41) is 2.81. The number of benzene rings is 2. The van der Waals surface area contributed by atoms with Crippen molar-refractivity contribution in [2.24, 2.45) is 0 Å². The van der Waals surface area contributed by atoms with Gasteiger partial charge in [0.15, 0.2) is 5.78 Å². The highest BCUT2D eigenvalue weighted by Gasteiger charge is 2.12. The Bertz CT molecular complexity index is 690. The summed E-state index contributed by atoms with van der Waals surface area (Å²) in [6, 6.07) is 12.3. The van der Waals surface area contributed by atoms with E-state index in [0.717, 1.165) is 5.56 Å². The second kappa shape index (κ2) is 6.89. The van der Waals surface area contributed by atoms with Gasteiger partial charge in [0.25, 0.3) is 5.91 Å². The Morgan fingerprint density at radius 2 is 1.68 bits per heavy atom. The number of amides is 1. The molecule has 1 N–H and O–H groups in total. The molecule has 0 radical (unpaired) electrons. The van der Waals surface area contributed by atoms with E-state index in [0.29, 0.717) is 29.2 Å². The van der Waals surface area contributed by atoms with E-state index in [-0.39, 0.29) is 11.7 Å². The van der Waals surface area contributed by atoms with Crippen molar-refractivity contribution in [3.63, 3.8) is 0 Å². The molecule has 0 fully saturated rings. The number of carbonyl (C=O) groups is 2. The third-order valence-electron chi connectivity index (χ3n) is 3.25. The normalized spacial score (nSPS) is 10.1. The molecule has 2 aromatic rings. The number of Topliss-reactive ketones (excluding diaryl/α,β-unsaturated/α-hetero) is 1. The molecule has 0 aliphatic carbocycles. The Morgan fingerprint density at radius 1 is 1.05 bits per heavy atom. The second-order valence-corrected chi connectivity index (χ2v) is 5.02. The fourth-order valence-corrected chi connectivity index (χ4v) is 2.03. The van der Waals surface area contributed by atoms with Crippen molar-refractivity contribution in [1.29, 1.82) is 0 Å². The second-order valence-electron chi connectivity index (χ2n) is 5.02. The number of hydrogen-bond acceptors (Lipinski definition) is 3. The van der Waals surface area contributed by atoms with Crippen LogP contribution >= 0.6 is 0 Å². The summed E-state index contributed by atoms with van der Waals surface area (Å²) < 4.78 is 5.50. The van der Waals surface area contributed by atoms with Gasteiger partial charge in [-0.15, -0.1) is 0 Å². The van der Waals surface area contributed by atoms with Crippen molar-refractivity contribution in [2.75, 3.05) is 11.9 Å². The molecule has 0 bridgehead atoms. The lowest BCUT2D eigenvalue weighted by molar-refractivity contribution is 0.101. The van der Waals surface area contributed by atoms with Crippen LogP contribution in [0.1, 0.15) is 40.1 Å². The first-order valence-electron chi connectivity index (χ1n) is 7.17. The first-order chi connectivity index (χ1) is 10.5. The zero-order chi connectivity index (χ0) is 16.1. The van der Waals surface area contributed by atoms with E-state index in [1.165, 1.54) is 6.92 Å². The third kappa shape index (κ3) is 3.73. The predicted molar refractivity (Wildman–Crippen MR) is 86.7 cm³/mol. The summed E-state index contributed by atoms with van der Waals surface area (Å²) in [4.78, 5) is 23.8. The lowest BCUT2D eigenvalue weighted by Crippen LogP contribution is -2.13. The third-order valence-corrected chi connectivity index (χ3v) is 3.25. The fourth-order valence-electron chi connectivity index (χ4n) is 2.03. The maximum absolute atomic E-state index is 12.3. The van der Waals surface area contributed by atoms with Gasteiger partial charge in [-0.25, -0.2) is 0 Å². The lowest BCUT2D eigenvalue weighted by Gasteiger charge is -2.13. The van der Waals surface area contributed by atoms with E-state index in [4.69, 9.17) is 4.74 Å². The van der Waals surface area contributed by atoms with Crippen LogP contribution < -0.4 is 10.1 Å². The molecule has 0 unspecified atom stereocenters. The van der Waals surface area contributed by atoms with E-state index in [2.05, 4.69) is 5.32 Å². The van der Waals surface area contributed by atoms with Crippen molar-refractivity contribution < 1.29 is 14.3 Å². The molecule has 0 saturated heterocycles.